The quantitative estimate of drug-likeness (QED) is 0.654. The number of benzene rings is 1. The van der Waals surface area contributed by atoms with E-state index in [1.165, 1.54) is 16.7 Å². The van der Waals surface area contributed by atoms with E-state index < -0.39 is 0 Å². The molecule has 0 bridgehead atoms. The average Bonchev–Trinajstić information content (AvgIpc) is 3.32. The zero-order valence-electron chi connectivity index (χ0n) is 17.6. The normalized spacial score (nSPS) is 19.7. The van der Waals surface area contributed by atoms with Crippen LogP contribution in [0.1, 0.15) is 52.4 Å². The maximum atomic E-state index is 13.3. The first kappa shape index (κ1) is 18.7. The van der Waals surface area contributed by atoms with Gasteiger partial charge < -0.3 is 9.64 Å². The second-order valence-electron chi connectivity index (χ2n) is 8.76. The summed E-state index contributed by atoms with van der Waals surface area (Å²) in [5, 5.41) is 4.60. The van der Waals surface area contributed by atoms with Gasteiger partial charge in [-0.15, -0.1) is 0 Å². The molecule has 2 aromatic heterocycles. The highest BCUT2D eigenvalue weighted by Gasteiger charge is 2.36. The zero-order valence-corrected chi connectivity index (χ0v) is 17.6. The van der Waals surface area contributed by atoms with Gasteiger partial charge in [0.2, 0.25) is 0 Å². The lowest BCUT2D eigenvalue weighted by Gasteiger charge is -2.23. The minimum Gasteiger partial charge on any atom is -0.379 e. The Morgan fingerprint density at radius 2 is 1.97 bits per heavy atom. The zero-order chi connectivity index (χ0) is 20.9. The van der Waals surface area contributed by atoms with Crippen LogP contribution in [0.25, 0.3) is 17.2 Å². The molecule has 3 aliphatic rings. The van der Waals surface area contributed by atoms with Crippen molar-refractivity contribution in [3.63, 3.8) is 0 Å². The van der Waals surface area contributed by atoms with E-state index >= 15 is 0 Å². The number of hydrogen-bond acceptors (Lipinski definition) is 5. The summed E-state index contributed by atoms with van der Waals surface area (Å²) in [6.45, 7) is 1.31. The molecular weight excluding hydrogens is 390 g/mol. The second-order valence-corrected chi connectivity index (χ2v) is 8.76. The third-order valence-corrected chi connectivity index (χ3v) is 6.75. The van der Waals surface area contributed by atoms with Gasteiger partial charge in [-0.05, 0) is 43.2 Å². The van der Waals surface area contributed by atoms with Crippen molar-refractivity contribution in [2.24, 2.45) is 0 Å². The smallest absolute Gasteiger partial charge is 0.257 e. The van der Waals surface area contributed by atoms with Crippen LogP contribution >= 0.6 is 0 Å². The van der Waals surface area contributed by atoms with Crippen molar-refractivity contribution < 1.29 is 9.53 Å². The summed E-state index contributed by atoms with van der Waals surface area (Å²) >= 11 is 0. The molecule has 0 N–H and O–H groups in total. The van der Waals surface area contributed by atoms with E-state index in [1.54, 1.807) is 10.9 Å². The fourth-order valence-electron chi connectivity index (χ4n) is 4.77. The molecule has 1 saturated carbocycles. The first-order valence-electron chi connectivity index (χ1n) is 11.1. The number of hydrogen-bond donors (Lipinski definition) is 0. The van der Waals surface area contributed by atoms with Crippen molar-refractivity contribution in [2.45, 2.75) is 44.1 Å². The number of carbonyl (C=O) groups excluding carboxylic acids is 1. The number of carbonyl (C=O) groups is 1. The van der Waals surface area contributed by atoms with Crippen LogP contribution in [-0.4, -0.2) is 56.9 Å². The Morgan fingerprint density at radius 3 is 2.77 bits per heavy atom. The molecule has 1 saturated heterocycles. The predicted molar refractivity (Wildman–Crippen MR) is 115 cm³/mol. The van der Waals surface area contributed by atoms with Crippen LogP contribution in [0.15, 0.2) is 36.7 Å². The van der Waals surface area contributed by atoms with Gasteiger partial charge in [-0.2, -0.15) is 5.10 Å². The number of aryl methyl sites for hydroxylation is 2. The molecule has 2 fully saturated rings. The molecule has 1 aromatic carbocycles. The van der Waals surface area contributed by atoms with Crippen molar-refractivity contribution >= 4 is 5.91 Å². The number of aromatic nitrogens is 4. The van der Waals surface area contributed by atoms with E-state index in [2.05, 4.69) is 34.3 Å². The van der Waals surface area contributed by atoms with E-state index in [4.69, 9.17) is 9.72 Å². The predicted octanol–water partition coefficient (Wildman–Crippen LogP) is 3.17. The van der Waals surface area contributed by atoms with Gasteiger partial charge in [0.15, 0.2) is 0 Å². The summed E-state index contributed by atoms with van der Waals surface area (Å²) in [5.41, 5.74) is 6.25. The lowest BCUT2D eigenvalue weighted by atomic mass is 9.90. The number of fused-ring (bicyclic) bond motifs is 3. The lowest BCUT2D eigenvalue weighted by molar-refractivity contribution is 0.0710. The minimum atomic E-state index is 0.00644. The number of amides is 1. The maximum Gasteiger partial charge on any atom is 0.257 e. The molecule has 1 aliphatic heterocycles. The molecule has 1 amide bonds. The monoisotopic (exact) mass is 415 g/mol. The number of nitrogens with zero attached hydrogens (tertiary/aromatic N) is 5. The molecule has 0 radical (unpaired) electrons. The Labute approximate surface area is 181 Å². The van der Waals surface area contributed by atoms with Crippen molar-refractivity contribution in [1.82, 2.24) is 24.6 Å². The highest BCUT2D eigenvalue weighted by atomic mass is 16.5. The number of ether oxygens (including phenoxy) is 1. The molecule has 3 aromatic rings. The summed E-state index contributed by atoms with van der Waals surface area (Å²) in [6, 6.07) is 8.55. The SMILES string of the molecule is CN(C(=O)c1cnn(-c2ncc3c(n2)-c2ccccc2CC3)c1C1CC1)C1CCOC1. The molecule has 31 heavy (non-hydrogen) atoms. The standard InChI is InChI=1S/C24H25N5O2/c1-28(18-10-11-31-14-18)23(30)20-13-26-29(22(20)16-7-8-16)24-25-12-17-9-6-15-4-2-3-5-19(15)21(17)27-24/h2-5,12-13,16,18H,6-11,14H2,1H3. The molecule has 1 atom stereocenters. The summed E-state index contributed by atoms with van der Waals surface area (Å²) < 4.78 is 7.27. The van der Waals surface area contributed by atoms with Crippen LogP contribution in [-0.2, 0) is 17.6 Å². The molecule has 6 rings (SSSR count). The van der Waals surface area contributed by atoms with E-state index in [0.29, 0.717) is 30.6 Å². The van der Waals surface area contributed by atoms with Crippen molar-refractivity contribution in [3.05, 3.63) is 59.0 Å². The van der Waals surface area contributed by atoms with E-state index in [-0.39, 0.29) is 11.9 Å². The van der Waals surface area contributed by atoms with Gasteiger partial charge in [-0.25, -0.2) is 14.6 Å². The largest absolute Gasteiger partial charge is 0.379 e. The average molecular weight is 415 g/mol. The van der Waals surface area contributed by atoms with E-state index in [9.17, 15) is 4.79 Å². The van der Waals surface area contributed by atoms with Crippen LogP contribution in [0.4, 0.5) is 0 Å². The van der Waals surface area contributed by atoms with Gasteiger partial charge in [0.05, 0.1) is 35.8 Å². The van der Waals surface area contributed by atoms with Crippen LogP contribution in [0.2, 0.25) is 0 Å². The van der Waals surface area contributed by atoms with Crippen molar-refractivity contribution in [1.29, 1.82) is 0 Å². The van der Waals surface area contributed by atoms with Gasteiger partial charge in [0, 0.05) is 31.3 Å². The first-order chi connectivity index (χ1) is 15.2. The van der Waals surface area contributed by atoms with E-state index in [1.807, 2.05) is 18.1 Å². The Morgan fingerprint density at radius 1 is 1.13 bits per heavy atom. The fourth-order valence-corrected chi connectivity index (χ4v) is 4.77. The van der Waals surface area contributed by atoms with Crippen LogP contribution in [0, 0.1) is 0 Å². The molecule has 2 aliphatic carbocycles. The van der Waals surface area contributed by atoms with Crippen LogP contribution in [0.5, 0.6) is 0 Å². The van der Waals surface area contributed by atoms with Crippen molar-refractivity contribution in [2.75, 3.05) is 20.3 Å². The molecule has 158 valence electrons. The molecule has 7 heteroatoms. The molecular formula is C24H25N5O2. The Balaban J connectivity index is 1.40. The summed E-state index contributed by atoms with van der Waals surface area (Å²) in [4.78, 5) is 24.7. The van der Waals surface area contributed by atoms with Crippen molar-refractivity contribution in [3.8, 4) is 17.2 Å². The van der Waals surface area contributed by atoms with Crippen LogP contribution in [0.3, 0.4) is 0 Å². The van der Waals surface area contributed by atoms with Gasteiger partial charge in [0.1, 0.15) is 0 Å². The van der Waals surface area contributed by atoms with Gasteiger partial charge in [-0.1, -0.05) is 24.3 Å². The highest BCUT2D eigenvalue weighted by Crippen LogP contribution is 2.43. The molecule has 1 unspecified atom stereocenters. The summed E-state index contributed by atoms with van der Waals surface area (Å²) in [7, 11) is 1.86. The summed E-state index contributed by atoms with van der Waals surface area (Å²) in [5.74, 6) is 0.886. The first-order valence-corrected chi connectivity index (χ1v) is 11.1. The highest BCUT2D eigenvalue weighted by molar-refractivity contribution is 5.95. The van der Waals surface area contributed by atoms with E-state index in [0.717, 1.165) is 43.5 Å². The molecule has 7 nitrogen and oxygen atoms in total. The minimum absolute atomic E-state index is 0.00644. The Hall–Kier alpha value is -3.06. The lowest BCUT2D eigenvalue weighted by Crippen LogP contribution is -2.37. The third-order valence-electron chi connectivity index (χ3n) is 6.75. The maximum absolute atomic E-state index is 13.3. The summed E-state index contributed by atoms with van der Waals surface area (Å²) in [6.07, 6.45) is 8.58. The molecule has 0 spiro atoms. The van der Waals surface area contributed by atoms with Gasteiger partial charge >= 0.3 is 0 Å². The Kier molecular flexibility index (Phi) is 4.38. The Bertz CT molecular complexity index is 1160. The third kappa shape index (κ3) is 3.15. The van der Waals surface area contributed by atoms with Crippen LogP contribution < -0.4 is 0 Å². The fraction of sp³-hybridized carbons (Fsp3) is 0.417. The molecule has 3 heterocycles. The second kappa shape index (κ2) is 7.27. The topological polar surface area (TPSA) is 73.1 Å². The van der Waals surface area contributed by atoms with Gasteiger partial charge in [0.25, 0.3) is 11.9 Å². The number of rotatable bonds is 4. The number of likely N-dealkylation sites (N-methyl/N-ethyl adjacent to an activating group) is 1. The van der Waals surface area contributed by atoms with Gasteiger partial charge in [-0.3, -0.25) is 4.79 Å².